The van der Waals surface area contributed by atoms with Crippen LogP contribution in [0.15, 0.2) is 65.1 Å². The fourth-order valence-corrected chi connectivity index (χ4v) is 5.47. The maximum absolute atomic E-state index is 13.2. The molecule has 0 amide bonds. The molecule has 10 heteroatoms. The van der Waals surface area contributed by atoms with Crippen LogP contribution in [0.5, 0.6) is 11.5 Å². The molecule has 38 heavy (non-hydrogen) atoms. The number of carbonyl (C=O) groups is 1. The van der Waals surface area contributed by atoms with Gasteiger partial charge in [0, 0.05) is 30.2 Å². The van der Waals surface area contributed by atoms with Crippen LogP contribution in [-0.2, 0) is 10.0 Å². The van der Waals surface area contributed by atoms with Crippen molar-refractivity contribution in [2.45, 2.75) is 25.2 Å². The highest BCUT2D eigenvalue weighted by atomic mass is 32.2. The van der Waals surface area contributed by atoms with Gasteiger partial charge in [0.15, 0.2) is 0 Å². The summed E-state index contributed by atoms with van der Waals surface area (Å²) in [5.74, 6) is -0.359. The van der Waals surface area contributed by atoms with Crippen molar-refractivity contribution in [3.05, 3.63) is 77.6 Å². The zero-order valence-electron chi connectivity index (χ0n) is 20.6. The van der Waals surface area contributed by atoms with Crippen LogP contribution in [0.25, 0.3) is 22.3 Å². The number of aliphatic hydroxyl groups excluding tert-OH is 1. The quantitative estimate of drug-likeness (QED) is 0.263. The van der Waals surface area contributed by atoms with E-state index in [4.69, 9.17) is 9.15 Å². The Morgan fingerprint density at radius 3 is 2.26 bits per heavy atom. The Kier molecular flexibility index (Phi) is 6.85. The van der Waals surface area contributed by atoms with Gasteiger partial charge in [0.05, 0.1) is 11.9 Å². The average molecular weight is 540 g/mol. The standard InChI is InChI=1S/C28H26FNO7S/c1-38(34,35)30(13-2-14-31)24-16-25-23(15-22(24)17-3-4-17)26(28(32)33)27(37-25)18-5-9-20(10-6-18)36-21-11-7-19(29)8-12-21/h5-12,15-17,31H,2-4,13-14H2,1H3,(H,32,33). The Labute approximate surface area is 218 Å². The Bertz CT molecular complexity index is 1590. The van der Waals surface area contributed by atoms with Gasteiger partial charge in [0.2, 0.25) is 10.0 Å². The number of benzene rings is 3. The summed E-state index contributed by atoms with van der Waals surface area (Å²) in [6.45, 7) is -0.0720. The third-order valence-corrected chi connectivity index (χ3v) is 7.60. The van der Waals surface area contributed by atoms with Gasteiger partial charge in [-0.25, -0.2) is 17.6 Å². The summed E-state index contributed by atoms with van der Waals surface area (Å²) in [5.41, 5.74) is 1.93. The summed E-state index contributed by atoms with van der Waals surface area (Å²) in [6.07, 6.45) is 3.11. The summed E-state index contributed by atoms with van der Waals surface area (Å²) in [6, 6.07) is 15.5. The molecule has 0 unspecified atom stereocenters. The van der Waals surface area contributed by atoms with E-state index < -0.39 is 16.0 Å². The van der Waals surface area contributed by atoms with Crippen LogP contribution in [-0.4, -0.2) is 44.0 Å². The molecule has 8 nitrogen and oxygen atoms in total. The number of hydrogen-bond acceptors (Lipinski definition) is 6. The monoisotopic (exact) mass is 539 g/mol. The topological polar surface area (TPSA) is 117 Å². The zero-order valence-corrected chi connectivity index (χ0v) is 21.4. The highest BCUT2D eigenvalue weighted by molar-refractivity contribution is 7.92. The molecular formula is C28H26FNO7S. The predicted molar refractivity (Wildman–Crippen MR) is 141 cm³/mol. The number of carboxylic acid groups (broad SMARTS) is 1. The smallest absolute Gasteiger partial charge is 0.340 e. The van der Waals surface area contributed by atoms with Crippen molar-refractivity contribution in [1.29, 1.82) is 0 Å². The number of hydrogen-bond donors (Lipinski definition) is 2. The molecule has 3 aromatic carbocycles. The average Bonchev–Trinajstić information content (AvgIpc) is 3.65. The minimum absolute atomic E-state index is 0.0121. The molecule has 0 bridgehead atoms. The second kappa shape index (κ2) is 10.1. The molecule has 1 heterocycles. The maximum atomic E-state index is 13.2. The van der Waals surface area contributed by atoms with Crippen LogP contribution >= 0.6 is 0 Å². The van der Waals surface area contributed by atoms with E-state index >= 15 is 0 Å². The van der Waals surface area contributed by atoms with E-state index in [9.17, 15) is 27.8 Å². The number of nitrogens with zero attached hydrogens (tertiary/aromatic N) is 1. The van der Waals surface area contributed by atoms with Gasteiger partial charge >= 0.3 is 5.97 Å². The van der Waals surface area contributed by atoms with Crippen LogP contribution in [0.2, 0.25) is 0 Å². The molecule has 1 aliphatic rings. The van der Waals surface area contributed by atoms with E-state index in [1.54, 1.807) is 36.4 Å². The number of halogens is 1. The van der Waals surface area contributed by atoms with E-state index in [1.807, 2.05) is 0 Å². The normalized spacial score (nSPS) is 13.6. The number of sulfonamides is 1. The van der Waals surface area contributed by atoms with Crippen molar-refractivity contribution >= 4 is 32.6 Å². The summed E-state index contributed by atoms with van der Waals surface area (Å²) >= 11 is 0. The Balaban J connectivity index is 1.58. The number of rotatable bonds is 10. The van der Waals surface area contributed by atoms with Crippen LogP contribution in [0.3, 0.4) is 0 Å². The van der Waals surface area contributed by atoms with E-state index in [-0.39, 0.29) is 48.2 Å². The SMILES string of the molecule is CS(=O)(=O)N(CCCO)c1cc2oc(-c3ccc(Oc4ccc(F)cc4)cc3)c(C(=O)O)c2cc1C1CC1. The lowest BCUT2D eigenvalue weighted by atomic mass is 10.0. The highest BCUT2D eigenvalue weighted by Gasteiger charge is 2.33. The molecular weight excluding hydrogens is 513 g/mol. The van der Waals surface area contributed by atoms with Crippen LogP contribution in [0.1, 0.15) is 41.1 Å². The third kappa shape index (κ3) is 5.23. The lowest BCUT2D eigenvalue weighted by Crippen LogP contribution is -2.32. The van der Waals surface area contributed by atoms with Gasteiger partial charge in [-0.15, -0.1) is 0 Å². The number of aliphatic hydroxyl groups is 1. The van der Waals surface area contributed by atoms with E-state index in [2.05, 4.69) is 0 Å². The number of carboxylic acids is 1. The van der Waals surface area contributed by atoms with Crippen molar-refractivity contribution in [3.8, 4) is 22.8 Å². The maximum Gasteiger partial charge on any atom is 0.340 e. The van der Waals surface area contributed by atoms with Gasteiger partial charge in [-0.3, -0.25) is 4.31 Å². The second-order valence-corrected chi connectivity index (χ2v) is 11.2. The number of anilines is 1. The molecule has 1 aromatic heterocycles. The molecule has 0 aliphatic heterocycles. The molecule has 1 aliphatic carbocycles. The lowest BCUT2D eigenvalue weighted by molar-refractivity contribution is 0.0699. The van der Waals surface area contributed by atoms with E-state index in [1.165, 1.54) is 28.6 Å². The van der Waals surface area contributed by atoms with Crippen molar-refractivity contribution in [3.63, 3.8) is 0 Å². The van der Waals surface area contributed by atoms with Crippen molar-refractivity contribution in [2.75, 3.05) is 23.7 Å². The second-order valence-electron chi connectivity index (χ2n) is 9.29. The minimum atomic E-state index is -3.66. The highest BCUT2D eigenvalue weighted by Crippen LogP contribution is 2.48. The Morgan fingerprint density at radius 2 is 1.71 bits per heavy atom. The van der Waals surface area contributed by atoms with Crippen LogP contribution in [0, 0.1) is 5.82 Å². The fraction of sp³-hybridized carbons (Fsp3) is 0.250. The fourth-order valence-electron chi connectivity index (χ4n) is 4.49. The molecule has 1 fully saturated rings. The number of fused-ring (bicyclic) bond motifs is 1. The zero-order chi connectivity index (χ0) is 27.0. The van der Waals surface area contributed by atoms with Gasteiger partial charge in [0.1, 0.15) is 34.2 Å². The molecule has 2 N–H and O–H groups in total. The summed E-state index contributed by atoms with van der Waals surface area (Å²) in [7, 11) is -3.66. The largest absolute Gasteiger partial charge is 0.478 e. The van der Waals surface area contributed by atoms with Gasteiger partial charge in [-0.1, -0.05) is 0 Å². The van der Waals surface area contributed by atoms with Gasteiger partial charge < -0.3 is 19.4 Å². The summed E-state index contributed by atoms with van der Waals surface area (Å²) in [5, 5.41) is 19.8. The number of ether oxygens (including phenoxy) is 1. The molecule has 198 valence electrons. The van der Waals surface area contributed by atoms with Crippen molar-refractivity contribution in [2.24, 2.45) is 0 Å². The molecule has 0 radical (unpaired) electrons. The molecule has 0 atom stereocenters. The van der Waals surface area contributed by atoms with Gasteiger partial charge in [-0.05, 0) is 85.3 Å². The van der Waals surface area contributed by atoms with Crippen LogP contribution < -0.4 is 9.04 Å². The Morgan fingerprint density at radius 1 is 1.08 bits per heavy atom. The Hall–Kier alpha value is -3.89. The van der Waals surface area contributed by atoms with Crippen LogP contribution in [0.4, 0.5) is 10.1 Å². The molecule has 0 saturated heterocycles. The lowest BCUT2D eigenvalue weighted by Gasteiger charge is -2.25. The van der Waals surface area contributed by atoms with Gasteiger partial charge in [0.25, 0.3) is 0 Å². The molecule has 1 saturated carbocycles. The van der Waals surface area contributed by atoms with E-state index in [0.29, 0.717) is 28.1 Å². The first kappa shape index (κ1) is 25.7. The first-order valence-electron chi connectivity index (χ1n) is 12.1. The summed E-state index contributed by atoms with van der Waals surface area (Å²) in [4.78, 5) is 12.4. The molecule has 0 spiro atoms. The third-order valence-electron chi connectivity index (χ3n) is 6.42. The predicted octanol–water partition coefficient (Wildman–Crippen LogP) is 5.76. The molecule has 5 rings (SSSR count). The first-order valence-corrected chi connectivity index (χ1v) is 14.0. The summed E-state index contributed by atoms with van der Waals surface area (Å²) < 4.78 is 51.5. The minimum Gasteiger partial charge on any atom is -0.478 e. The van der Waals surface area contributed by atoms with E-state index in [0.717, 1.165) is 24.7 Å². The first-order chi connectivity index (χ1) is 18.2. The molecule has 4 aromatic rings. The number of furan rings is 1. The van der Waals surface area contributed by atoms with Crippen molar-refractivity contribution in [1.82, 2.24) is 0 Å². The number of aromatic carboxylic acids is 1. The van der Waals surface area contributed by atoms with Crippen molar-refractivity contribution < 1.29 is 37.0 Å². The van der Waals surface area contributed by atoms with Gasteiger partial charge in [-0.2, -0.15) is 0 Å².